The second-order valence-electron chi connectivity index (χ2n) is 9.08. The SMILES string of the molecule is Cc1ccc(C(C)C)c(OCCCn2c(CCNC(=O)c3cccc(Br)c3)nc3ccccc32)c1. The summed E-state index contributed by atoms with van der Waals surface area (Å²) in [6.45, 7) is 8.43. The van der Waals surface area contributed by atoms with Crippen LogP contribution in [0.25, 0.3) is 11.0 Å². The van der Waals surface area contributed by atoms with E-state index in [-0.39, 0.29) is 5.91 Å². The highest BCUT2D eigenvalue weighted by Gasteiger charge is 2.13. The number of aryl methyl sites for hydroxylation is 2. The molecule has 5 nitrogen and oxygen atoms in total. The monoisotopic (exact) mass is 533 g/mol. The second kappa shape index (κ2) is 11.5. The number of nitrogens with one attached hydrogen (secondary N) is 1. The van der Waals surface area contributed by atoms with E-state index in [1.807, 2.05) is 42.5 Å². The molecule has 0 aliphatic rings. The van der Waals surface area contributed by atoms with E-state index in [1.54, 1.807) is 0 Å². The average Bonchev–Trinajstić information content (AvgIpc) is 3.19. The Morgan fingerprint density at radius 1 is 1.09 bits per heavy atom. The molecule has 6 heteroatoms. The molecule has 1 heterocycles. The summed E-state index contributed by atoms with van der Waals surface area (Å²) < 4.78 is 9.35. The number of benzene rings is 3. The zero-order chi connectivity index (χ0) is 24.8. The van der Waals surface area contributed by atoms with Gasteiger partial charge in [0, 0.05) is 29.5 Å². The first-order valence-corrected chi connectivity index (χ1v) is 12.9. The molecule has 0 spiro atoms. The number of ether oxygens (including phenoxy) is 1. The molecule has 3 aromatic carbocycles. The third-order valence-electron chi connectivity index (χ3n) is 6.03. The maximum atomic E-state index is 12.5. The van der Waals surface area contributed by atoms with Gasteiger partial charge in [0.25, 0.3) is 5.91 Å². The number of carbonyl (C=O) groups excluding carboxylic acids is 1. The van der Waals surface area contributed by atoms with E-state index in [0.29, 0.717) is 31.1 Å². The zero-order valence-electron chi connectivity index (χ0n) is 20.6. The Kier molecular flexibility index (Phi) is 8.24. The molecule has 1 aromatic heterocycles. The van der Waals surface area contributed by atoms with E-state index in [1.165, 1.54) is 11.1 Å². The molecule has 0 fully saturated rings. The number of carbonyl (C=O) groups is 1. The van der Waals surface area contributed by atoms with Gasteiger partial charge in [0.15, 0.2) is 0 Å². The van der Waals surface area contributed by atoms with Crippen LogP contribution in [-0.2, 0) is 13.0 Å². The Bertz CT molecular complexity index is 1310. The van der Waals surface area contributed by atoms with E-state index in [2.05, 4.69) is 70.9 Å². The molecule has 0 unspecified atom stereocenters. The molecular formula is C29H32BrN3O2. The fraction of sp³-hybridized carbons (Fsp3) is 0.310. The van der Waals surface area contributed by atoms with Crippen LogP contribution in [-0.4, -0.2) is 28.6 Å². The van der Waals surface area contributed by atoms with Gasteiger partial charge in [0.1, 0.15) is 11.6 Å². The molecule has 0 saturated carbocycles. The van der Waals surface area contributed by atoms with Crippen LogP contribution in [0.5, 0.6) is 5.75 Å². The van der Waals surface area contributed by atoms with Crippen molar-refractivity contribution in [1.82, 2.24) is 14.9 Å². The molecule has 0 radical (unpaired) electrons. The molecular weight excluding hydrogens is 502 g/mol. The van der Waals surface area contributed by atoms with Gasteiger partial charge in [-0.2, -0.15) is 0 Å². The van der Waals surface area contributed by atoms with Crippen molar-refractivity contribution < 1.29 is 9.53 Å². The normalized spacial score (nSPS) is 11.2. The van der Waals surface area contributed by atoms with Crippen molar-refractivity contribution in [2.24, 2.45) is 0 Å². The number of halogens is 1. The maximum absolute atomic E-state index is 12.5. The van der Waals surface area contributed by atoms with E-state index >= 15 is 0 Å². The molecule has 0 bridgehead atoms. The number of aromatic nitrogens is 2. The van der Waals surface area contributed by atoms with Crippen molar-refractivity contribution in [3.63, 3.8) is 0 Å². The van der Waals surface area contributed by atoms with Crippen LogP contribution in [0.1, 0.15) is 53.5 Å². The number of fused-ring (bicyclic) bond motifs is 1. The van der Waals surface area contributed by atoms with Gasteiger partial charge < -0.3 is 14.6 Å². The number of para-hydroxylation sites is 2. The molecule has 1 amide bonds. The minimum Gasteiger partial charge on any atom is -0.493 e. The summed E-state index contributed by atoms with van der Waals surface area (Å²) in [5, 5.41) is 3.02. The Morgan fingerprint density at radius 3 is 2.71 bits per heavy atom. The molecule has 4 aromatic rings. The highest BCUT2D eigenvalue weighted by atomic mass is 79.9. The van der Waals surface area contributed by atoms with Gasteiger partial charge in [-0.25, -0.2) is 4.98 Å². The van der Waals surface area contributed by atoms with E-state index in [9.17, 15) is 4.79 Å². The van der Waals surface area contributed by atoms with Crippen LogP contribution in [0.4, 0.5) is 0 Å². The first-order chi connectivity index (χ1) is 16.9. The minimum atomic E-state index is -0.0820. The van der Waals surface area contributed by atoms with E-state index in [4.69, 9.17) is 9.72 Å². The number of nitrogens with zero attached hydrogens (tertiary/aromatic N) is 2. The van der Waals surface area contributed by atoms with Crippen molar-refractivity contribution in [1.29, 1.82) is 0 Å². The summed E-state index contributed by atoms with van der Waals surface area (Å²) in [5.41, 5.74) is 5.17. The van der Waals surface area contributed by atoms with Crippen LogP contribution in [0.2, 0.25) is 0 Å². The second-order valence-corrected chi connectivity index (χ2v) is 10.00. The first kappa shape index (κ1) is 25.0. The standard InChI is InChI=1S/C29H32BrN3O2/c1-20(2)24-13-12-21(3)18-27(24)35-17-7-16-33-26-11-5-4-10-25(26)32-28(33)14-15-31-29(34)22-8-6-9-23(30)19-22/h4-6,8-13,18-20H,7,14-17H2,1-3H3,(H,31,34). The Morgan fingerprint density at radius 2 is 1.91 bits per heavy atom. The van der Waals surface area contributed by atoms with Gasteiger partial charge in [-0.05, 0) is 66.8 Å². The van der Waals surface area contributed by atoms with Crippen molar-refractivity contribution in [2.45, 2.75) is 46.1 Å². The third-order valence-corrected chi connectivity index (χ3v) is 6.52. The molecule has 0 aliphatic carbocycles. The van der Waals surface area contributed by atoms with Gasteiger partial charge in [-0.3, -0.25) is 4.79 Å². The lowest BCUT2D eigenvalue weighted by Crippen LogP contribution is -2.26. The van der Waals surface area contributed by atoms with Crippen molar-refractivity contribution in [3.05, 3.63) is 93.7 Å². The fourth-order valence-electron chi connectivity index (χ4n) is 4.23. The molecule has 0 atom stereocenters. The van der Waals surface area contributed by atoms with Crippen LogP contribution < -0.4 is 10.1 Å². The summed E-state index contributed by atoms with van der Waals surface area (Å²) in [6.07, 6.45) is 1.52. The van der Waals surface area contributed by atoms with Gasteiger partial charge >= 0.3 is 0 Å². The Hall–Kier alpha value is -3.12. The quantitative estimate of drug-likeness (QED) is 0.231. The smallest absolute Gasteiger partial charge is 0.251 e. The summed E-state index contributed by atoms with van der Waals surface area (Å²) in [6, 6.07) is 22.0. The number of rotatable bonds is 10. The highest BCUT2D eigenvalue weighted by Crippen LogP contribution is 2.27. The van der Waals surface area contributed by atoms with Gasteiger partial charge in [-0.1, -0.05) is 60.1 Å². The average molecular weight is 534 g/mol. The van der Waals surface area contributed by atoms with Crippen LogP contribution in [0, 0.1) is 6.92 Å². The summed E-state index contributed by atoms with van der Waals surface area (Å²) >= 11 is 3.42. The summed E-state index contributed by atoms with van der Waals surface area (Å²) in [4.78, 5) is 17.4. The van der Waals surface area contributed by atoms with Crippen LogP contribution >= 0.6 is 15.9 Å². The van der Waals surface area contributed by atoms with E-state index in [0.717, 1.165) is 40.0 Å². The Labute approximate surface area is 215 Å². The number of amides is 1. The maximum Gasteiger partial charge on any atom is 0.251 e. The lowest BCUT2D eigenvalue weighted by atomic mass is 10.0. The summed E-state index contributed by atoms with van der Waals surface area (Å²) in [5.74, 6) is 2.29. The Balaban J connectivity index is 1.40. The highest BCUT2D eigenvalue weighted by molar-refractivity contribution is 9.10. The van der Waals surface area contributed by atoms with E-state index < -0.39 is 0 Å². The van der Waals surface area contributed by atoms with Gasteiger partial charge in [0.05, 0.1) is 17.6 Å². The molecule has 35 heavy (non-hydrogen) atoms. The first-order valence-electron chi connectivity index (χ1n) is 12.1. The third kappa shape index (κ3) is 6.31. The van der Waals surface area contributed by atoms with Crippen molar-refractivity contribution in [3.8, 4) is 5.75 Å². The summed E-state index contributed by atoms with van der Waals surface area (Å²) in [7, 11) is 0. The van der Waals surface area contributed by atoms with Gasteiger partial charge in [-0.15, -0.1) is 0 Å². The largest absolute Gasteiger partial charge is 0.493 e. The molecule has 0 saturated heterocycles. The zero-order valence-corrected chi connectivity index (χ0v) is 22.1. The van der Waals surface area contributed by atoms with Gasteiger partial charge in [0.2, 0.25) is 0 Å². The topological polar surface area (TPSA) is 56.1 Å². The number of imidazole rings is 1. The molecule has 4 rings (SSSR count). The molecule has 0 aliphatic heterocycles. The minimum absolute atomic E-state index is 0.0820. The lowest BCUT2D eigenvalue weighted by molar-refractivity contribution is 0.0954. The fourth-order valence-corrected chi connectivity index (χ4v) is 4.63. The molecule has 182 valence electrons. The van der Waals surface area contributed by atoms with Crippen LogP contribution in [0.3, 0.4) is 0 Å². The predicted molar refractivity (Wildman–Crippen MR) is 145 cm³/mol. The molecule has 1 N–H and O–H groups in total. The number of hydrogen-bond acceptors (Lipinski definition) is 3. The van der Waals surface area contributed by atoms with Crippen molar-refractivity contribution in [2.75, 3.05) is 13.2 Å². The number of hydrogen-bond donors (Lipinski definition) is 1. The van der Waals surface area contributed by atoms with Crippen molar-refractivity contribution >= 4 is 32.9 Å². The lowest BCUT2D eigenvalue weighted by Gasteiger charge is -2.15. The van der Waals surface area contributed by atoms with Crippen LogP contribution in [0.15, 0.2) is 71.2 Å². The predicted octanol–water partition coefficient (Wildman–Crippen LogP) is 6.67.